The van der Waals surface area contributed by atoms with E-state index in [0.29, 0.717) is 0 Å². The minimum atomic E-state index is -2.33. The average molecular weight is 239 g/mol. The molecule has 0 fully saturated rings. The van der Waals surface area contributed by atoms with E-state index in [1.165, 1.54) is 0 Å². The zero-order valence-electron chi connectivity index (χ0n) is 2.43. The van der Waals surface area contributed by atoms with E-state index >= 15 is 0 Å². The van der Waals surface area contributed by atoms with Crippen LogP contribution in [-0.4, -0.2) is 92.8 Å². The van der Waals surface area contributed by atoms with Gasteiger partial charge in [-0.2, -0.15) is 0 Å². The summed E-state index contributed by atoms with van der Waals surface area (Å²) in [6.07, 6.45) is -2.33. The van der Waals surface area contributed by atoms with Crippen molar-refractivity contribution in [3.8, 4) is 0 Å². The first-order valence-corrected chi connectivity index (χ1v) is 0.612. The summed E-state index contributed by atoms with van der Waals surface area (Å²) in [6, 6.07) is 0. The van der Waals surface area contributed by atoms with Crippen LogP contribution in [0.3, 0.4) is 0 Å². The van der Waals surface area contributed by atoms with E-state index in [4.69, 9.17) is 15.0 Å². The molecule has 0 radical (unpaired) electrons. The maximum Gasteiger partial charge on any atom is 2.00 e. The molecule has 0 aromatic rings. The summed E-state index contributed by atoms with van der Waals surface area (Å²) in [5.74, 6) is 0. The van der Waals surface area contributed by atoms with Crippen molar-refractivity contribution >= 4 is 92.8 Å². The molecule has 0 aromatic heterocycles. The Morgan fingerprint density at radius 3 is 1.33 bits per heavy atom. The van der Waals surface area contributed by atoms with Gasteiger partial charge < -0.3 is 15.0 Å². The van der Waals surface area contributed by atoms with Gasteiger partial charge in [-0.1, -0.05) is 0 Å². The standard InChI is InChI=1S/CH2O3.Ba.Ca.2H/c2-1(3)4;;;;/h(H2,2,3,4);;;;/q;;+2;;/p-2. The smallest absolute Gasteiger partial charge is 2.00 e. The normalized spacial score (nSPS) is 4.00. The maximum absolute atomic E-state index is 8.33. The van der Waals surface area contributed by atoms with Crippen LogP contribution in [0.5, 0.6) is 0 Å². The van der Waals surface area contributed by atoms with Crippen LogP contribution in [0.2, 0.25) is 0 Å². The van der Waals surface area contributed by atoms with Gasteiger partial charge in [0.05, 0.1) is 0 Å². The largest absolute Gasteiger partial charge is 2.00 e. The van der Waals surface area contributed by atoms with E-state index < -0.39 is 6.16 Å². The van der Waals surface area contributed by atoms with Gasteiger partial charge in [0.1, 0.15) is 0 Å². The molecule has 28 valence electrons. The van der Waals surface area contributed by atoms with E-state index in [0.717, 1.165) is 0 Å². The van der Waals surface area contributed by atoms with E-state index in [1.807, 2.05) is 0 Å². The second kappa shape index (κ2) is 10.2. The van der Waals surface area contributed by atoms with Crippen molar-refractivity contribution in [3.05, 3.63) is 0 Å². The Morgan fingerprint density at radius 2 is 1.33 bits per heavy atom. The van der Waals surface area contributed by atoms with Crippen LogP contribution in [-0.2, 0) is 0 Å². The number of carbonyl (C=O) groups is 1. The fourth-order valence-corrected chi connectivity index (χ4v) is 0. The predicted molar refractivity (Wildman–Crippen MR) is 19.7 cm³/mol. The van der Waals surface area contributed by atoms with Crippen molar-refractivity contribution in [2.24, 2.45) is 0 Å². The Kier molecular flexibility index (Phi) is 26.6. The van der Waals surface area contributed by atoms with E-state index in [9.17, 15) is 0 Å². The summed E-state index contributed by atoms with van der Waals surface area (Å²) in [6.45, 7) is 0. The van der Waals surface area contributed by atoms with Crippen molar-refractivity contribution in [2.75, 3.05) is 0 Å². The van der Waals surface area contributed by atoms with E-state index in [2.05, 4.69) is 0 Å². The third-order valence-corrected chi connectivity index (χ3v) is 0. The van der Waals surface area contributed by atoms with E-state index in [-0.39, 0.29) is 86.6 Å². The summed E-state index contributed by atoms with van der Waals surface area (Å²) >= 11 is 0. The van der Waals surface area contributed by atoms with Crippen LogP contribution in [0.4, 0.5) is 4.79 Å². The molecule has 0 spiro atoms. The number of hydrogen-bond acceptors (Lipinski definition) is 3. The molecule has 6 heavy (non-hydrogen) atoms. The molecule has 0 aliphatic rings. The molecule has 0 atom stereocenters. The molecule has 0 heterocycles. The van der Waals surface area contributed by atoms with Gasteiger partial charge in [0.25, 0.3) is 0 Å². The molecule has 0 amide bonds. The Bertz CT molecular complexity index is 33.8. The third kappa shape index (κ3) is 36.0. The zero-order valence-corrected chi connectivity index (χ0v) is 4.64. The molecule has 0 bridgehead atoms. The summed E-state index contributed by atoms with van der Waals surface area (Å²) in [4.78, 5) is 8.33. The van der Waals surface area contributed by atoms with Gasteiger partial charge in [0.15, 0.2) is 0 Å². The summed E-state index contributed by atoms with van der Waals surface area (Å²) in [7, 11) is 0. The monoisotopic (exact) mass is 240 g/mol. The van der Waals surface area contributed by atoms with Gasteiger partial charge in [-0.3, -0.25) is 0 Å². The molecule has 0 saturated heterocycles. The first kappa shape index (κ1) is 15.7. The van der Waals surface area contributed by atoms with Crippen LogP contribution in [0.25, 0.3) is 0 Å². The van der Waals surface area contributed by atoms with Crippen molar-refractivity contribution in [3.63, 3.8) is 0 Å². The van der Waals surface area contributed by atoms with Gasteiger partial charge in [-0.25, -0.2) is 0 Å². The predicted octanol–water partition coefficient (Wildman–Crippen LogP) is -3.74. The van der Waals surface area contributed by atoms with Crippen LogP contribution in [0, 0.1) is 0 Å². The molecule has 0 aliphatic carbocycles. The minimum Gasteiger partial charge on any atom is 2.00 e. The minimum absolute atomic E-state index is 0. The van der Waals surface area contributed by atoms with Crippen molar-refractivity contribution in [1.29, 1.82) is 0 Å². The molecule has 0 N–H and O–H groups in total. The number of rotatable bonds is 0. The SMILES string of the molecule is O=C([O-])[O-].[BaH2].[Ca+2]. The quantitative estimate of drug-likeness (QED) is 0.408. The molecule has 5 heteroatoms. The van der Waals surface area contributed by atoms with Gasteiger partial charge in [-0.05, 0) is 6.16 Å². The third-order valence-electron chi connectivity index (χ3n) is 0. The first-order chi connectivity index (χ1) is 1.73. The van der Waals surface area contributed by atoms with Gasteiger partial charge in [0, 0.05) is 0 Å². The Labute approximate surface area is 105 Å². The number of carboxylic acid groups (broad SMARTS) is 2. The molecular formula is CH2BaCaO3. The zero-order chi connectivity index (χ0) is 3.58. The second-order valence-electron chi connectivity index (χ2n) is 0.250. The Hall–Kier alpha value is 2.10. The molecule has 0 unspecified atom stereocenters. The summed E-state index contributed by atoms with van der Waals surface area (Å²) in [5, 5.41) is 16.7. The fraction of sp³-hybridized carbons (Fsp3) is 0. The number of carbonyl (C=O) groups excluding carboxylic acids is 1. The molecule has 0 aromatic carbocycles. The topological polar surface area (TPSA) is 63.2 Å². The summed E-state index contributed by atoms with van der Waals surface area (Å²) < 4.78 is 0. The van der Waals surface area contributed by atoms with Crippen LogP contribution in [0.15, 0.2) is 0 Å². The molecular weight excluding hydrogens is 237 g/mol. The number of hydrogen-bond donors (Lipinski definition) is 0. The van der Waals surface area contributed by atoms with Crippen LogP contribution >= 0.6 is 0 Å². The van der Waals surface area contributed by atoms with Crippen molar-refractivity contribution < 1.29 is 15.0 Å². The Morgan fingerprint density at radius 1 is 1.33 bits per heavy atom. The average Bonchev–Trinajstić information content (AvgIpc) is 0.811. The van der Waals surface area contributed by atoms with Gasteiger partial charge in [-0.15, -0.1) is 0 Å². The Balaban J connectivity index is -0.0000000450. The molecule has 3 nitrogen and oxygen atoms in total. The molecule has 0 saturated carbocycles. The van der Waals surface area contributed by atoms with Gasteiger partial charge >= 0.3 is 86.6 Å². The van der Waals surface area contributed by atoms with E-state index in [1.54, 1.807) is 0 Å². The fourth-order valence-electron chi connectivity index (χ4n) is 0. The van der Waals surface area contributed by atoms with Gasteiger partial charge in [0.2, 0.25) is 0 Å². The maximum atomic E-state index is 8.33. The van der Waals surface area contributed by atoms with Crippen LogP contribution in [0.1, 0.15) is 0 Å². The first-order valence-electron chi connectivity index (χ1n) is 0.612. The summed E-state index contributed by atoms with van der Waals surface area (Å²) in [5.41, 5.74) is 0. The molecule has 0 rings (SSSR count). The van der Waals surface area contributed by atoms with Crippen LogP contribution < -0.4 is 10.2 Å². The van der Waals surface area contributed by atoms with Crippen molar-refractivity contribution in [2.45, 2.75) is 0 Å². The van der Waals surface area contributed by atoms with Crippen molar-refractivity contribution in [1.82, 2.24) is 0 Å². The molecule has 0 aliphatic heterocycles. The second-order valence-corrected chi connectivity index (χ2v) is 0.250.